The highest BCUT2D eigenvalue weighted by molar-refractivity contribution is 7.99. The van der Waals surface area contributed by atoms with Crippen LogP contribution in [0.1, 0.15) is 50.7 Å². The number of nitrogens with two attached hydrogens (primary N) is 1. The van der Waals surface area contributed by atoms with Gasteiger partial charge in [-0.05, 0) is 36.3 Å². The maximum atomic E-state index is 6.29. The van der Waals surface area contributed by atoms with E-state index in [0.29, 0.717) is 23.0 Å². The summed E-state index contributed by atoms with van der Waals surface area (Å²) in [5.41, 5.74) is 6.29. The number of rotatable bonds is 4. The molecule has 4 nitrogen and oxygen atoms in total. The Labute approximate surface area is 112 Å². The summed E-state index contributed by atoms with van der Waals surface area (Å²) in [6.45, 7) is 4.36. The van der Waals surface area contributed by atoms with E-state index in [9.17, 15) is 0 Å². The van der Waals surface area contributed by atoms with Gasteiger partial charge in [0.05, 0.1) is 11.7 Å². The van der Waals surface area contributed by atoms with Crippen molar-refractivity contribution in [3.8, 4) is 0 Å². The Kier molecular flexibility index (Phi) is 3.36. The molecular weight excluding hydrogens is 246 g/mol. The van der Waals surface area contributed by atoms with Crippen molar-refractivity contribution in [2.75, 3.05) is 0 Å². The topological polar surface area (TPSA) is 64.9 Å². The van der Waals surface area contributed by atoms with Crippen molar-refractivity contribution in [2.24, 2.45) is 17.6 Å². The number of thioether (sulfide) groups is 1. The van der Waals surface area contributed by atoms with Crippen LogP contribution in [0.4, 0.5) is 0 Å². The molecule has 5 heteroatoms. The maximum absolute atomic E-state index is 6.29. The lowest BCUT2D eigenvalue weighted by atomic mass is 9.85. The summed E-state index contributed by atoms with van der Waals surface area (Å²) in [5.74, 6) is 4.11. The van der Waals surface area contributed by atoms with E-state index < -0.39 is 0 Å². The minimum absolute atomic E-state index is 0.231. The largest absolute Gasteiger partial charge is 0.339 e. The molecule has 4 unspecified atom stereocenters. The smallest absolute Gasteiger partial charge is 0.231 e. The molecule has 2 saturated carbocycles. The Bertz CT molecular complexity index is 418. The molecule has 2 aliphatic rings. The summed E-state index contributed by atoms with van der Waals surface area (Å²) in [4.78, 5) is 4.55. The van der Waals surface area contributed by atoms with Gasteiger partial charge in [0.2, 0.25) is 5.89 Å². The number of hydrogen-bond donors (Lipinski definition) is 1. The summed E-state index contributed by atoms with van der Waals surface area (Å²) in [6.07, 6.45) is 3.82. The second-order valence-electron chi connectivity index (χ2n) is 5.84. The second-order valence-corrected chi connectivity index (χ2v) is 7.41. The number of hydrogen-bond acceptors (Lipinski definition) is 5. The summed E-state index contributed by atoms with van der Waals surface area (Å²) in [6, 6.07) is 0.231. The highest BCUT2D eigenvalue weighted by Crippen LogP contribution is 2.51. The van der Waals surface area contributed by atoms with Crippen molar-refractivity contribution < 1.29 is 4.52 Å². The van der Waals surface area contributed by atoms with E-state index in [4.69, 9.17) is 10.3 Å². The fraction of sp³-hybridized carbons (Fsp3) is 0.846. The molecular formula is C13H21N3OS. The minimum atomic E-state index is 0.231. The SMILES string of the molecule is CC(C)SCc1noc(C2C3CCC(C3)C2N)n1. The van der Waals surface area contributed by atoms with E-state index in [0.717, 1.165) is 17.5 Å². The Morgan fingerprint density at radius 1 is 1.39 bits per heavy atom. The van der Waals surface area contributed by atoms with E-state index in [-0.39, 0.29) is 6.04 Å². The van der Waals surface area contributed by atoms with E-state index >= 15 is 0 Å². The minimum Gasteiger partial charge on any atom is -0.339 e. The van der Waals surface area contributed by atoms with Gasteiger partial charge in [0, 0.05) is 6.04 Å². The number of aromatic nitrogens is 2. The van der Waals surface area contributed by atoms with Crippen LogP contribution in [0, 0.1) is 11.8 Å². The highest BCUT2D eigenvalue weighted by Gasteiger charge is 2.48. The second kappa shape index (κ2) is 4.85. The van der Waals surface area contributed by atoms with Crippen LogP contribution in [0.2, 0.25) is 0 Å². The lowest BCUT2D eigenvalue weighted by Crippen LogP contribution is -2.34. The molecule has 0 aromatic carbocycles. The monoisotopic (exact) mass is 267 g/mol. The average molecular weight is 267 g/mol. The molecule has 2 bridgehead atoms. The van der Waals surface area contributed by atoms with Crippen molar-refractivity contribution in [2.45, 2.75) is 56.1 Å². The third-order valence-electron chi connectivity index (χ3n) is 4.30. The first kappa shape index (κ1) is 12.5. The fourth-order valence-corrected chi connectivity index (χ4v) is 4.00. The molecule has 3 rings (SSSR count). The van der Waals surface area contributed by atoms with E-state index in [2.05, 4.69) is 24.0 Å². The molecule has 1 aromatic heterocycles. The highest BCUT2D eigenvalue weighted by atomic mass is 32.2. The van der Waals surface area contributed by atoms with Gasteiger partial charge in [0.25, 0.3) is 0 Å². The van der Waals surface area contributed by atoms with Crippen molar-refractivity contribution >= 4 is 11.8 Å². The molecule has 4 atom stereocenters. The molecule has 2 N–H and O–H groups in total. The van der Waals surface area contributed by atoms with Gasteiger partial charge in [-0.25, -0.2) is 0 Å². The zero-order valence-electron chi connectivity index (χ0n) is 11.0. The van der Waals surface area contributed by atoms with Crippen LogP contribution in [-0.4, -0.2) is 21.4 Å². The zero-order valence-corrected chi connectivity index (χ0v) is 11.8. The third kappa shape index (κ3) is 2.18. The van der Waals surface area contributed by atoms with Crippen LogP contribution in [0.15, 0.2) is 4.52 Å². The van der Waals surface area contributed by atoms with Gasteiger partial charge in [0.1, 0.15) is 0 Å². The van der Waals surface area contributed by atoms with Crippen LogP contribution in [0.5, 0.6) is 0 Å². The first-order chi connectivity index (χ1) is 8.65. The fourth-order valence-electron chi connectivity index (χ4n) is 3.40. The lowest BCUT2D eigenvalue weighted by molar-refractivity contribution is 0.278. The molecule has 2 fully saturated rings. The van der Waals surface area contributed by atoms with Gasteiger partial charge in [-0.15, -0.1) is 0 Å². The molecule has 0 saturated heterocycles. The molecule has 1 aromatic rings. The Balaban J connectivity index is 1.70. The Hall–Kier alpha value is -0.550. The van der Waals surface area contributed by atoms with Gasteiger partial charge in [0.15, 0.2) is 5.82 Å². The first-order valence-electron chi connectivity index (χ1n) is 6.85. The summed E-state index contributed by atoms with van der Waals surface area (Å²) < 4.78 is 5.45. The molecule has 0 radical (unpaired) electrons. The van der Waals surface area contributed by atoms with Crippen LogP contribution < -0.4 is 5.73 Å². The molecule has 1 heterocycles. The Morgan fingerprint density at radius 3 is 2.83 bits per heavy atom. The third-order valence-corrected chi connectivity index (χ3v) is 5.39. The summed E-state index contributed by atoms with van der Waals surface area (Å²) >= 11 is 1.84. The molecule has 0 aliphatic heterocycles. The molecule has 0 amide bonds. The van der Waals surface area contributed by atoms with Crippen LogP contribution >= 0.6 is 11.8 Å². The van der Waals surface area contributed by atoms with Gasteiger partial charge in [-0.1, -0.05) is 19.0 Å². The van der Waals surface area contributed by atoms with Crippen LogP contribution in [-0.2, 0) is 5.75 Å². The van der Waals surface area contributed by atoms with E-state index in [1.807, 2.05) is 11.8 Å². The van der Waals surface area contributed by atoms with Crippen molar-refractivity contribution in [3.63, 3.8) is 0 Å². The average Bonchev–Trinajstić information content (AvgIpc) is 3.00. The van der Waals surface area contributed by atoms with Gasteiger partial charge in [-0.2, -0.15) is 16.7 Å². The normalized spacial score (nSPS) is 34.7. The van der Waals surface area contributed by atoms with Gasteiger partial charge >= 0.3 is 0 Å². The number of fused-ring (bicyclic) bond motifs is 2. The van der Waals surface area contributed by atoms with E-state index in [1.54, 1.807) is 0 Å². The standard InChI is InChI=1S/C13H21N3OS/c1-7(2)18-6-10-15-13(17-16-10)11-8-3-4-9(5-8)12(11)14/h7-9,11-12H,3-6,14H2,1-2H3. The van der Waals surface area contributed by atoms with Crippen LogP contribution in [0.25, 0.3) is 0 Å². The van der Waals surface area contributed by atoms with Gasteiger partial charge in [-0.3, -0.25) is 0 Å². The quantitative estimate of drug-likeness (QED) is 0.908. The summed E-state index contributed by atoms with van der Waals surface area (Å²) in [7, 11) is 0. The van der Waals surface area contributed by atoms with Crippen molar-refractivity contribution in [1.82, 2.24) is 10.1 Å². The zero-order chi connectivity index (χ0) is 12.7. The predicted molar refractivity (Wildman–Crippen MR) is 72.3 cm³/mol. The lowest BCUT2D eigenvalue weighted by Gasteiger charge is -2.24. The molecule has 18 heavy (non-hydrogen) atoms. The van der Waals surface area contributed by atoms with E-state index in [1.165, 1.54) is 19.3 Å². The van der Waals surface area contributed by atoms with Crippen molar-refractivity contribution in [3.05, 3.63) is 11.7 Å². The van der Waals surface area contributed by atoms with Gasteiger partial charge < -0.3 is 10.3 Å². The van der Waals surface area contributed by atoms with Crippen molar-refractivity contribution in [1.29, 1.82) is 0 Å². The maximum Gasteiger partial charge on any atom is 0.231 e. The molecule has 100 valence electrons. The first-order valence-corrected chi connectivity index (χ1v) is 7.89. The Morgan fingerprint density at radius 2 is 2.17 bits per heavy atom. The molecule has 0 spiro atoms. The number of nitrogens with zero attached hydrogens (tertiary/aromatic N) is 2. The van der Waals surface area contributed by atoms with Crippen LogP contribution in [0.3, 0.4) is 0 Å². The predicted octanol–water partition coefficient (Wildman–Crippen LogP) is 2.55. The summed E-state index contributed by atoms with van der Waals surface area (Å²) in [5, 5.41) is 4.68. The molecule has 2 aliphatic carbocycles.